The summed E-state index contributed by atoms with van der Waals surface area (Å²) in [6, 6.07) is 6.30. The molecule has 0 fully saturated rings. The van der Waals surface area contributed by atoms with Gasteiger partial charge >= 0.3 is 5.69 Å². The summed E-state index contributed by atoms with van der Waals surface area (Å²) in [5, 5.41) is 15.0. The molecule has 1 aromatic heterocycles. The Kier molecular flexibility index (Phi) is 6.93. The average Bonchev–Trinajstić information content (AvgIpc) is 2.61. The maximum Gasteiger partial charge on any atom is 0.313 e. The molecule has 1 heterocycles. The fourth-order valence-corrected chi connectivity index (χ4v) is 2.55. The van der Waals surface area contributed by atoms with E-state index in [1.165, 1.54) is 24.5 Å². The summed E-state index contributed by atoms with van der Waals surface area (Å²) < 4.78 is 11.7. The summed E-state index contributed by atoms with van der Waals surface area (Å²) in [7, 11) is 0. The normalized spacial score (nSPS) is 10.3. The number of halogens is 1. The van der Waals surface area contributed by atoms with Crippen LogP contribution < -0.4 is 14.9 Å². The van der Waals surface area contributed by atoms with E-state index in [0.29, 0.717) is 28.1 Å². The molecular weight excluding hydrogens is 404 g/mol. The van der Waals surface area contributed by atoms with Crippen LogP contribution in [0.5, 0.6) is 11.5 Å². The van der Waals surface area contributed by atoms with Gasteiger partial charge in [-0.2, -0.15) is 5.10 Å². The average molecular weight is 419 g/mol. The zero-order valence-corrected chi connectivity index (χ0v) is 15.4. The van der Waals surface area contributed by atoms with Crippen LogP contribution >= 0.6 is 15.9 Å². The third-order valence-corrected chi connectivity index (χ3v) is 3.59. The van der Waals surface area contributed by atoms with Gasteiger partial charge in [0.2, 0.25) is 5.82 Å². The van der Waals surface area contributed by atoms with Crippen molar-refractivity contribution >= 4 is 33.6 Å². The van der Waals surface area contributed by atoms with Crippen molar-refractivity contribution in [1.82, 2.24) is 4.98 Å². The monoisotopic (exact) mass is 418 g/mol. The molecule has 26 heavy (non-hydrogen) atoms. The fourth-order valence-electron chi connectivity index (χ4n) is 1.98. The number of rotatable bonds is 8. The van der Waals surface area contributed by atoms with Crippen molar-refractivity contribution in [1.29, 1.82) is 0 Å². The number of ether oxygens (including phenoxy) is 2. The lowest BCUT2D eigenvalue weighted by Gasteiger charge is -2.13. The Morgan fingerprint density at radius 3 is 3.00 bits per heavy atom. The van der Waals surface area contributed by atoms with E-state index in [9.17, 15) is 10.1 Å². The highest BCUT2D eigenvalue weighted by Crippen LogP contribution is 2.36. The molecule has 0 aliphatic heterocycles. The molecule has 0 radical (unpaired) electrons. The van der Waals surface area contributed by atoms with Gasteiger partial charge in [0.25, 0.3) is 0 Å². The molecule has 0 spiro atoms. The second-order valence-electron chi connectivity index (χ2n) is 4.75. The van der Waals surface area contributed by atoms with Gasteiger partial charge in [0.15, 0.2) is 11.5 Å². The van der Waals surface area contributed by atoms with Gasteiger partial charge in [0, 0.05) is 12.3 Å². The molecule has 1 N–H and O–H groups in total. The third kappa shape index (κ3) is 4.94. The van der Waals surface area contributed by atoms with Crippen LogP contribution in [0.2, 0.25) is 0 Å². The first-order valence-corrected chi connectivity index (χ1v) is 8.27. The first-order chi connectivity index (χ1) is 12.6. The van der Waals surface area contributed by atoms with Crippen molar-refractivity contribution in [3.05, 3.63) is 50.6 Å². The molecule has 0 atom stereocenters. The topological polar surface area (TPSA) is 98.9 Å². The van der Waals surface area contributed by atoms with Crippen LogP contribution in [-0.2, 0) is 0 Å². The first kappa shape index (κ1) is 19.2. The maximum atomic E-state index is 11.0. The van der Waals surface area contributed by atoms with E-state index < -0.39 is 4.92 Å². The molecule has 8 nitrogen and oxygen atoms in total. The van der Waals surface area contributed by atoms with Crippen LogP contribution in [0.25, 0.3) is 0 Å². The van der Waals surface area contributed by atoms with Crippen molar-refractivity contribution in [2.45, 2.75) is 6.92 Å². The summed E-state index contributed by atoms with van der Waals surface area (Å²) in [5.41, 5.74) is 3.08. The molecule has 0 saturated heterocycles. The predicted octanol–water partition coefficient (Wildman–Crippen LogP) is 3.61. The molecule has 2 rings (SSSR count). The van der Waals surface area contributed by atoms with Gasteiger partial charge in [0.05, 0.1) is 22.2 Å². The van der Waals surface area contributed by atoms with Crippen molar-refractivity contribution < 1.29 is 14.4 Å². The number of terminal acetylenes is 1. The molecule has 1 aromatic carbocycles. The minimum atomic E-state index is -0.535. The highest BCUT2D eigenvalue weighted by atomic mass is 79.9. The lowest BCUT2D eigenvalue weighted by Crippen LogP contribution is -2.02. The summed E-state index contributed by atoms with van der Waals surface area (Å²) in [6.45, 7) is 2.40. The number of anilines is 1. The Hall–Kier alpha value is -3.12. The van der Waals surface area contributed by atoms with E-state index in [1.54, 1.807) is 12.1 Å². The van der Waals surface area contributed by atoms with E-state index in [-0.39, 0.29) is 18.1 Å². The molecule has 0 amide bonds. The highest BCUT2D eigenvalue weighted by molar-refractivity contribution is 9.10. The van der Waals surface area contributed by atoms with Crippen LogP contribution in [0.1, 0.15) is 12.5 Å². The Bertz CT molecular complexity index is 864. The minimum Gasteiger partial charge on any atom is -0.490 e. The zero-order valence-electron chi connectivity index (χ0n) is 13.8. The minimum absolute atomic E-state index is 0.0480. The van der Waals surface area contributed by atoms with E-state index in [0.717, 1.165) is 0 Å². The maximum absolute atomic E-state index is 11.0. The molecule has 9 heteroatoms. The fraction of sp³-hybridized carbons (Fsp3) is 0.176. The Labute approximate surface area is 158 Å². The van der Waals surface area contributed by atoms with Gasteiger partial charge in [-0.25, -0.2) is 4.98 Å². The zero-order chi connectivity index (χ0) is 18.9. The van der Waals surface area contributed by atoms with Gasteiger partial charge in [-0.1, -0.05) is 5.92 Å². The lowest BCUT2D eigenvalue weighted by molar-refractivity contribution is -0.384. The predicted molar refractivity (Wildman–Crippen MR) is 102 cm³/mol. The van der Waals surface area contributed by atoms with E-state index in [1.807, 2.05) is 6.92 Å². The Balaban J connectivity index is 2.23. The van der Waals surface area contributed by atoms with Gasteiger partial charge in [-0.3, -0.25) is 15.5 Å². The van der Waals surface area contributed by atoms with E-state index in [4.69, 9.17) is 15.9 Å². The number of nitrogens with one attached hydrogen (secondary N) is 1. The number of pyridine rings is 1. The second kappa shape index (κ2) is 9.39. The number of aromatic nitrogens is 1. The quantitative estimate of drug-likeness (QED) is 0.304. The standard InChI is InChI=1S/C17H15BrN4O4/c1-3-8-26-16-13(18)9-12(10-15(16)25-4-2)11-20-21-17-14(22(23)24)6-5-7-19-17/h1,5-7,9-11H,4,8H2,2H3,(H,19,21)/b20-11-. The molecule has 0 unspecified atom stereocenters. The molecule has 2 aromatic rings. The van der Waals surface area contributed by atoms with Gasteiger partial charge in [-0.15, -0.1) is 6.42 Å². The van der Waals surface area contributed by atoms with E-state index >= 15 is 0 Å². The van der Waals surface area contributed by atoms with Crippen LogP contribution in [0.3, 0.4) is 0 Å². The summed E-state index contributed by atoms with van der Waals surface area (Å²) in [5.74, 6) is 3.44. The van der Waals surface area contributed by atoms with Crippen molar-refractivity contribution in [3.8, 4) is 23.8 Å². The highest BCUT2D eigenvalue weighted by Gasteiger charge is 2.14. The lowest BCUT2D eigenvalue weighted by atomic mass is 10.2. The molecule has 0 bridgehead atoms. The van der Waals surface area contributed by atoms with Crippen LogP contribution in [0.15, 0.2) is 40.0 Å². The van der Waals surface area contributed by atoms with Gasteiger partial charge < -0.3 is 9.47 Å². The van der Waals surface area contributed by atoms with Crippen LogP contribution in [0.4, 0.5) is 11.5 Å². The molecule has 0 aliphatic rings. The smallest absolute Gasteiger partial charge is 0.313 e. The number of hydrazone groups is 1. The number of hydrogen-bond acceptors (Lipinski definition) is 7. The molecular formula is C17H15BrN4O4. The molecule has 134 valence electrons. The van der Waals surface area contributed by atoms with E-state index in [2.05, 4.69) is 37.4 Å². The van der Waals surface area contributed by atoms with Crippen molar-refractivity contribution in [2.24, 2.45) is 5.10 Å². The van der Waals surface area contributed by atoms with Gasteiger partial charge in [-0.05, 0) is 46.6 Å². The summed E-state index contributed by atoms with van der Waals surface area (Å²) >= 11 is 3.41. The number of benzene rings is 1. The van der Waals surface area contributed by atoms with Crippen molar-refractivity contribution in [2.75, 3.05) is 18.6 Å². The largest absolute Gasteiger partial charge is 0.490 e. The SMILES string of the molecule is C#CCOc1c(Br)cc(/C=N\Nc2ncccc2[N+](=O)[O-])cc1OCC. The first-order valence-electron chi connectivity index (χ1n) is 7.48. The number of nitrogens with zero attached hydrogens (tertiary/aromatic N) is 3. The Morgan fingerprint density at radius 1 is 1.50 bits per heavy atom. The molecule has 0 aliphatic carbocycles. The third-order valence-electron chi connectivity index (χ3n) is 3.00. The Morgan fingerprint density at radius 2 is 2.31 bits per heavy atom. The summed E-state index contributed by atoms with van der Waals surface area (Å²) in [6.07, 6.45) is 8.14. The summed E-state index contributed by atoms with van der Waals surface area (Å²) in [4.78, 5) is 14.3. The number of hydrogen-bond donors (Lipinski definition) is 1. The van der Waals surface area contributed by atoms with Gasteiger partial charge in [0.1, 0.15) is 6.61 Å². The van der Waals surface area contributed by atoms with Crippen molar-refractivity contribution in [3.63, 3.8) is 0 Å². The molecule has 0 saturated carbocycles. The van der Waals surface area contributed by atoms with Crippen LogP contribution in [-0.4, -0.2) is 29.3 Å². The second-order valence-corrected chi connectivity index (χ2v) is 5.61. The van der Waals surface area contributed by atoms with Crippen LogP contribution in [0, 0.1) is 22.5 Å². The number of nitro groups is 1.